The summed E-state index contributed by atoms with van der Waals surface area (Å²) in [5.41, 5.74) is 3.83. The van der Waals surface area contributed by atoms with E-state index in [2.05, 4.69) is 40.8 Å². The van der Waals surface area contributed by atoms with Gasteiger partial charge in [-0.05, 0) is 31.4 Å². The van der Waals surface area contributed by atoms with Crippen LogP contribution in [0.4, 0.5) is 0 Å². The molecule has 0 bridgehead atoms. The maximum absolute atomic E-state index is 5.43. The van der Waals surface area contributed by atoms with Crippen LogP contribution in [0.15, 0.2) is 34.9 Å². The van der Waals surface area contributed by atoms with E-state index >= 15 is 0 Å². The lowest BCUT2D eigenvalue weighted by molar-refractivity contribution is 0.362. The molecular formula is C15H18N2O. The minimum absolute atomic E-state index is 0.605. The number of hydrogen-bond donors (Lipinski definition) is 1. The quantitative estimate of drug-likeness (QED) is 0.899. The van der Waals surface area contributed by atoms with Crippen LogP contribution in [0, 0.1) is 0 Å². The van der Waals surface area contributed by atoms with Gasteiger partial charge in [-0.15, -0.1) is 0 Å². The van der Waals surface area contributed by atoms with Gasteiger partial charge in [-0.2, -0.15) is 0 Å². The predicted octanol–water partition coefficient (Wildman–Crippen LogP) is 2.67. The topological polar surface area (TPSA) is 38.1 Å². The molecule has 0 saturated heterocycles. The van der Waals surface area contributed by atoms with Crippen molar-refractivity contribution in [2.45, 2.75) is 31.7 Å². The van der Waals surface area contributed by atoms with Crippen LogP contribution in [-0.4, -0.2) is 12.2 Å². The maximum Gasteiger partial charge on any atom is 0.140 e. The van der Waals surface area contributed by atoms with Crippen molar-refractivity contribution >= 4 is 0 Å². The molecule has 3 heteroatoms. The molecular weight excluding hydrogens is 224 g/mol. The molecule has 0 amide bonds. The van der Waals surface area contributed by atoms with Gasteiger partial charge in [-0.25, -0.2) is 0 Å². The third-order valence-electron chi connectivity index (χ3n) is 3.74. The molecule has 94 valence electrons. The van der Waals surface area contributed by atoms with E-state index < -0.39 is 0 Å². The Hall–Kier alpha value is -1.61. The third-order valence-corrected chi connectivity index (χ3v) is 3.74. The minimum atomic E-state index is 0.605. The molecule has 1 aromatic carbocycles. The Balaban J connectivity index is 1.86. The molecule has 0 saturated carbocycles. The number of fused-ring (bicyclic) bond motifs is 1. The van der Waals surface area contributed by atoms with Crippen LogP contribution >= 0.6 is 0 Å². The molecule has 1 unspecified atom stereocenters. The van der Waals surface area contributed by atoms with E-state index in [4.69, 9.17) is 4.52 Å². The molecule has 3 rings (SSSR count). The molecule has 1 aliphatic rings. The van der Waals surface area contributed by atoms with E-state index in [0.29, 0.717) is 5.92 Å². The molecule has 0 spiro atoms. The Morgan fingerprint density at radius 2 is 2.17 bits per heavy atom. The Labute approximate surface area is 107 Å². The average molecular weight is 242 g/mol. The van der Waals surface area contributed by atoms with Crippen LogP contribution in [0.1, 0.15) is 34.9 Å². The standard InChI is InChI=1S/C15H18N2O/c1-16-10-14-13-9-12(7-8-15(13)18-17-14)11-5-3-2-4-6-11/h2-6,12,16H,7-10H2,1H3. The molecule has 3 nitrogen and oxygen atoms in total. The fourth-order valence-electron chi connectivity index (χ4n) is 2.78. The lowest BCUT2D eigenvalue weighted by atomic mass is 9.82. The molecule has 1 aromatic heterocycles. The van der Waals surface area contributed by atoms with Gasteiger partial charge in [0.1, 0.15) is 11.5 Å². The van der Waals surface area contributed by atoms with Crippen LogP contribution in [0.5, 0.6) is 0 Å². The molecule has 0 aliphatic heterocycles. The van der Waals surface area contributed by atoms with Gasteiger partial charge < -0.3 is 9.84 Å². The summed E-state index contributed by atoms with van der Waals surface area (Å²) in [5.74, 6) is 1.70. The van der Waals surface area contributed by atoms with Gasteiger partial charge >= 0.3 is 0 Å². The first-order valence-electron chi connectivity index (χ1n) is 6.54. The van der Waals surface area contributed by atoms with Crippen molar-refractivity contribution in [1.29, 1.82) is 0 Å². The fraction of sp³-hybridized carbons (Fsp3) is 0.400. The van der Waals surface area contributed by atoms with Crippen LogP contribution in [0.3, 0.4) is 0 Å². The summed E-state index contributed by atoms with van der Waals surface area (Å²) < 4.78 is 5.43. The van der Waals surface area contributed by atoms with Crippen molar-refractivity contribution in [2.75, 3.05) is 7.05 Å². The highest BCUT2D eigenvalue weighted by molar-refractivity contribution is 5.31. The van der Waals surface area contributed by atoms with E-state index in [0.717, 1.165) is 37.3 Å². The zero-order valence-electron chi connectivity index (χ0n) is 10.6. The molecule has 0 fully saturated rings. The number of benzene rings is 1. The van der Waals surface area contributed by atoms with Crippen molar-refractivity contribution < 1.29 is 4.52 Å². The first-order chi connectivity index (χ1) is 8.88. The SMILES string of the molecule is CNCc1noc2c1CC(c1ccccc1)CC2. The first-order valence-corrected chi connectivity index (χ1v) is 6.54. The van der Waals surface area contributed by atoms with E-state index in [1.165, 1.54) is 11.1 Å². The molecule has 18 heavy (non-hydrogen) atoms. The Morgan fingerprint density at radius 3 is 2.94 bits per heavy atom. The van der Waals surface area contributed by atoms with Crippen LogP contribution in [-0.2, 0) is 19.4 Å². The fourth-order valence-corrected chi connectivity index (χ4v) is 2.78. The van der Waals surface area contributed by atoms with Gasteiger partial charge in [-0.3, -0.25) is 0 Å². The average Bonchev–Trinajstić information content (AvgIpc) is 2.83. The first kappa shape index (κ1) is 11.5. The van der Waals surface area contributed by atoms with Crippen molar-refractivity contribution in [3.8, 4) is 0 Å². The van der Waals surface area contributed by atoms with Crippen LogP contribution in [0.2, 0.25) is 0 Å². The van der Waals surface area contributed by atoms with E-state index in [1.807, 2.05) is 7.05 Å². The second-order valence-electron chi connectivity index (χ2n) is 4.91. The molecule has 2 aromatic rings. The maximum atomic E-state index is 5.43. The number of nitrogens with zero attached hydrogens (tertiary/aromatic N) is 1. The smallest absolute Gasteiger partial charge is 0.140 e. The van der Waals surface area contributed by atoms with Crippen molar-refractivity contribution in [2.24, 2.45) is 0 Å². The second kappa shape index (κ2) is 4.94. The molecule has 1 atom stereocenters. The lowest BCUT2D eigenvalue weighted by Gasteiger charge is -2.21. The Morgan fingerprint density at radius 1 is 1.33 bits per heavy atom. The highest BCUT2D eigenvalue weighted by Gasteiger charge is 2.26. The summed E-state index contributed by atoms with van der Waals surface area (Å²) in [5, 5.41) is 7.33. The normalized spacial score (nSPS) is 18.6. The number of rotatable bonds is 3. The van der Waals surface area contributed by atoms with Crippen molar-refractivity contribution in [3.05, 3.63) is 52.9 Å². The number of hydrogen-bond acceptors (Lipinski definition) is 3. The molecule has 1 aliphatic carbocycles. The van der Waals surface area contributed by atoms with Crippen molar-refractivity contribution in [3.63, 3.8) is 0 Å². The summed E-state index contributed by atoms with van der Waals surface area (Å²) in [6, 6.07) is 10.8. The lowest BCUT2D eigenvalue weighted by Crippen LogP contribution is -2.14. The van der Waals surface area contributed by atoms with E-state index in [9.17, 15) is 0 Å². The third kappa shape index (κ3) is 2.06. The molecule has 1 heterocycles. The predicted molar refractivity (Wildman–Crippen MR) is 70.5 cm³/mol. The highest BCUT2D eigenvalue weighted by Crippen LogP contribution is 2.34. The Bertz CT molecular complexity index is 519. The summed E-state index contributed by atoms with van der Waals surface area (Å²) >= 11 is 0. The highest BCUT2D eigenvalue weighted by atomic mass is 16.5. The second-order valence-corrected chi connectivity index (χ2v) is 4.91. The van der Waals surface area contributed by atoms with Crippen LogP contribution < -0.4 is 5.32 Å². The zero-order chi connectivity index (χ0) is 12.4. The van der Waals surface area contributed by atoms with Gasteiger partial charge in [0.25, 0.3) is 0 Å². The summed E-state index contributed by atoms with van der Waals surface area (Å²) in [6.45, 7) is 0.792. The molecule has 1 N–H and O–H groups in total. The summed E-state index contributed by atoms with van der Waals surface area (Å²) in [4.78, 5) is 0. The Kier molecular flexibility index (Phi) is 3.15. The summed E-state index contributed by atoms with van der Waals surface area (Å²) in [6.07, 6.45) is 3.22. The van der Waals surface area contributed by atoms with Gasteiger partial charge in [0.15, 0.2) is 0 Å². The largest absolute Gasteiger partial charge is 0.361 e. The van der Waals surface area contributed by atoms with E-state index in [-0.39, 0.29) is 0 Å². The minimum Gasteiger partial charge on any atom is -0.361 e. The van der Waals surface area contributed by atoms with Gasteiger partial charge in [0.2, 0.25) is 0 Å². The number of aryl methyl sites for hydroxylation is 1. The van der Waals surface area contributed by atoms with Crippen LogP contribution in [0.25, 0.3) is 0 Å². The monoisotopic (exact) mass is 242 g/mol. The van der Waals surface area contributed by atoms with Gasteiger partial charge in [0, 0.05) is 18.5 Å². The van der Waals surface area contributed by atoms with Crippen molar-refractivity contribution in [1.82, 2.24) is 10.5 Å². The molecule has 0 radical (unpaired) electrons. The summed E-state index contributed by atoms with van der Waals surface area (Å²) in [7, 11) is 1.94. The number of aromatic nitrogens is 1. The zero-order valence-corrected chi connectivity index (χ0v) is 10.6. The van der Waals surface area contributed by atoms with E-state index in [1.54, 1.807) is 0 Å². The number of nitrogens with one attached hydrogen (secondary N) is 1. The van der Waals surface area contributed by atoms with Gasteiger partial charge in [-0.1, -0.05) is 35.5 Å². The van der Waals surface area contributed by atoms with Gasteiger partial charge in [0.05, 0.1) is 0 Å².